The molecule has 3 rings (SSSR count). The molecule has 4 nitrogen and oxygen atoms in total. The van der Waals surface area contributed by atoms with Crippen molar-refractivity contribution in [3.05, 3.63) is 59.5 Å². The van der Waals surface area contributed by atoms with Crippen LogP contribution in [0.5, 0.6) is 0 Å². The SMILES string of the molecule is CCN(Cc1ccccc1)C(=O)CNCc1ccc(C2CC2C)o1. The Bertz CT molecular complexity index is 665. The number of furan rings is 1. The number of hydrogen-bond donors (Lipinski definition) is 1. The normalized spacial score (nSPS) is 19.2. The summed E-state index contributed by atoms with van der Waals surface area (Å²) in [6.07, 6.45) is 1.23. The molecule has 1 amide bonds. The Hall–Kier alpha value is -2.07. The second kappa shape index (κ2) is 7.67. The largest absolute Gasteiger partial charge is 0.464 e. The lowest BCUT2D eigenvalue weighted by Gasteiger charge is -2.21. The maximum atomic E-state index is 12.4. The van der Waals surface area contributed by atoms with Crippen LogP contribution in [0.15, 0.2) is 46.9 Å². The molecule has 2 atom stereocenters. The fourth-order valence-corrected chi connectivity index (χ4v) is 2.99. The molecule has 1 heterocycles. The first-order valence-electron chi connectivity index (χ1n) is 8.78. The Kier molecular flexibility index (Phi) is 5.36. The molecular formula is C20H26N2O2. The van der Waals surface area contributed by atoms with Gasteiger partial charge in [0.2, 0.25) is 5.91 Å². The summed E-state index contributed by atoms with van der Waals surface area (Å²) in [5, 5.41) is 3.20. The lowest BCUT2D eigenvalue weighted by atomic mass is 10.2. The van der Waals surface area contributed by atoms with Gasteiger partial charge < -0.3 is 14.6 Å². The fraction of sp³-hybridized carbons (Fsp3) is 0.450. The number of carbonyl (C=O) groups excluding carboxylic acids is 1. The molecule has 24 heavy (non-hydrogen) atoms. The fourth-order valence-electron chi connectivity index (χ4n) is 2.99. The summed E-state index contributed by atoms with van der Waals surface area (Å²) in [6.45, 7) is 6.54. The number of rotatable bonds is 8. The van der Waals surface area contributed by atoms with Gasteiger partial charge in [-0.15, -0.1) is 0 Å². The van der Waals surface area contributed by atoms with Crippen LogP contribution in [0.3, 0.4) is 0 Å². The Morgan fingerprint density at radius 2 is 2.00 bits per heavy atom. The van der Waals surface area contributed by atoms with Gasteiger partial charge in [0, 0.05) is 19.0 Å². The molecule has 0 saturated heterocycles. The molecule has 1 fully saturated rings. The highest BCUT2D eigenvalue weighted by atomic mass is 16.3. The van der Waals surface area contributed by atoms with Crippen molar-refractivity contribution in [3.63, 3.8) is 0 Å². The third-order valence-corrected chi connectivity index (χ3v) is 4.68. The van der Waals surface area contributed by atoms with Gasteiger partial charge in [0.1, 0.15) is 11.5 Å². The highest BCUT2D eigenvalue weighted by molar-refractivity contribution is 5.78. The van der Waals surface area contributed by atoms with Crippen molar-refractivity contribution in [1.29, 1.82) is 0 Å². The molecule has 1 aromatic carbocycles. The minimum absolute atomic E-state index is 0.115. The van der Waals surface area contributed by atoms with Gasteiger partial charge in [0.25, 0.3) is 0 Å². The molecule has 128 valence electrons. The summed E-state index contributed by atoms with van der Waals surface area (Å²) in [6, 6.07) is 14.2. The van der Waals surface area contributed by atoms with E-state index < -0.39 is 0 Å². The first kappa shape index (κ1) is 16.8. The molecule has 2 aromatic rings. The maximum absolute atomic E-state index is 12.4. The van der Waals surface area contributed by atoms with E-state index in [1.54, 1.807) is 0 Å². The minimum Gasteiger partial charge on any atom is -0.464 e. The quantitative estimate of drug-likeness (QED) is 0.807. The Labute approximate surface area is 143 Å². The van der Waals surface area contributed by atoms with Crippen LogP contribution in [0.1, 0.15) is 43.3 Å². The second-order valence-corrected chi connectivity index (χ2v) is 6.62. The van der Waals surface area contributed by atoms with Crippen molar-refractivity contribution in [2.45, 2.75) is 39.3 Å². The molecule has 1 aromatic heterocycles. The number of carbonyl (C=O) groups is 1. The molecule has 2 unspecified atom stereocenters. The van der Waals surface area contributed by atoms with Gasteiger partial charge in [-0.2, -0.15) is 0 Å². The summed E-state index contributed by atoms with van der Waals surface area (Å²) in [5.74, 6) is 3.45. The first-order chi connectivity index (χ1) is 11.7. The molecule has 1 aliphatic carbocycles. The highest BCUT2D eigenvalue weighted by Gasteiger charge is 2.36. The molecule has 1 saturated carbocycles. The third-order valence-electron chi connectivity index (χ3n) is 4.68. The van der Waals surface area contributed by atoms with Crippen LogP contribution in [0.2, 0.25) is 0 Å². The van der Waals surface area contributed by atoms with Gasteiger partial charge in [-0.3, -0.25) is 4.79 Å². The second-order valence-electron chi connectivity index (χ2n) is 6.62. The van der Waals surface area contributed by atoms with Gasteiger partial charge in [0.15, 0.2) is 0 Å². The van der Waals surface area contributed by atoms with Gasteiger partial charge in [-0.25, -0.2) is 0 Å². The van der Waals surface area contributed by atoms with E-state index in [2.05, 4.69) is 18.3 Å². The molecule has 4 heteroatoms. The Morgan fingerprint density at radius 3 is 2.67 bits per heavy atom. The van der Waals surface area contributed by atoms with Crippen LogP contribution in [0.25, 0.3) is 0 Å². The maximum Gasteiger partial charge on any atom is 0.236 e. The molecule has 0 bridgehead atoms. The predicted octanol–water partition coefficient (Wildman–Crippen LogP) is 3.54. The van der Waals surface area contributed by atoms with E-state index in [4.69, 9.17) is 4.42 Å². The van der Waals surface area contributed by atoms with Gasteiger partial charge in [0.05, 0.1) is 13.1 Å². The number of amides is 1. The van der Waals surface area contributed by atoms with E-state index in [0.29, 0.717) is 32.1 Å². The average molecular weight is 326 g/mol. The Balaban J connectivity index is 1.44. The van der Waals surface area contributed by atoms with Gasteiger partial charge in [-0.05, 0) is 37.0 Å². The topological polar surface area (TPSA) is 45.5 Å². The number of likely N-dealkylation sites (N-methyl/N-ethyl adjacent to an activating group) is 1. The molecule has 1 aliphatic rings. The summed E-state index contributed by atoms with van der Waals surface area (Å²) < 4.78 is 5.85. The van der Waals surface area contributed by atoms with Crippen molar-refractivity contribution in [1.82, 2.24) is 10.2 Å². The van der Waals surface area contributed by atoms with Crippen molar-refractivity contribution in [3.8, 4) is 0 Å². The highest BCUT2D eigenvalue weighted by Crippen LogP contribution is 2.47. The lowest BCUT2D eigenvalue weighted by molar-refractivity contribution is -0.130. The van der Waals surface area contributed by atoms with Crippen molar-refractivity contribution < 1.29 is 9.21 Å². The molecule has 0 spiro atoms. The van der Waals surface area contributed by atoms with E-state index in [1.807, 2.05) is 48.2 Å². The average Bonchev–Trinajstić information content (AvgIpc) is 3.14. The standard InChI is InChI=1S/C20H26N2O2/c1-3-22(14-16-7-5-4-6-8-16)20(23)13-21-12-17-9-10-19(24-17)18-11-15(18)2/h4-10,15,18,21H,3,11-14H2,1-2H3. The summed E-state index contributed by atoms with van der Waals surface area (Å²) in [5.41, 5.74) is 1.15. The Morgan fingerprint density at radius 1 is 1.25 bits per heavy atom. The predicted molar refractivity (Wildman–Crippen MR) is 94.5 cm³/mol. The zero-order chi connectivity index (χ0) is 16.9. The van der Waals surface area contributed by atoms with E-state index in [1.165, 1.54) is 6.42 Å². The van der Waals surface area contributed by atoms with Crippen LogP contribution in [-0.2, 0) is 17.9 Å². The monoisotopic (exact) mass is 326 g/mol. The van der Waals surface area contributed by atoms with Crippen LogP contribution in [0.4, 0.5) is 0 Å². The van der Waals surface area contributed by atoms with Crippen LogP contribution in [-0.4, -0.2) is 23.9 Å². The zero-order valence-electron chi connectivity index (χ0n) is 14.5. The van der Waals surface area contributed by atoms with Gasteiger partial charge in [-0.1, -0.05) is 37.3 Å². The smallest absolute Gasteiger partial charge is 0.236 e. The minimum atomic E-state index is 0.115. The van der Waals surface area contributed by atoms with E-state index >= 15 is 0 Å². The number of benzene rings is 1. The van der Waals surface area contributed by atoms with Crippen molar-refractivity contribution in [2.75, 3.05) is 13.1 Å². The molecule has 1 N–H and O–H groups in total. The molecular weight excluding hydrogens is 300 g/mol. The molecule has 0 aliphatic heterocycles. The van der Waals surface area contributed by atoms with Crippen LogP contribution in [0, 0.1) is 5.92 Å². The first-order valence-corrected chi connectivity index (χ1v) is 8.78. The summed E-state index contributed by atoms with van der Waals surface area (Å²) >= 11 is 0. The van der Waals surface area contributed by atoms with Crippen molar-refractivity contribution >= 4 is 5.91 Å². The number of nitrogens with one attached hydrogen (secondary N) is 1. The third kappa shape index (κ3) is 4.26. The van der Waals surface area contributed by atoms with Crippen LogP contribution < -0.4 is 5.32 Å². The zero-order valence-corrected chi connectivity index (χ0v) is 14.5. The number of hydrogen-bond acceptors (Lipinski definition) is 3. The van der Waals surface area contributed by atoms with Crippen molar-refractivity contribution in [2.24, 2.45) is 5.92 Å². The van der Waals surface area contributed by atoms with Crippen LogP contribution >= 0.6 is 0 Å². The van der Waals surface area contributed by atoms with E-state index in [-0.39, 0.29) is 5.91 Å². The molecule has 0 radical (unpaired) electrons. The number of nitrogens with zero attached hydrogens (tertiary/aromatic N) is 1. The van der Waals surface area contributed by atoms with E-state index in [9.17, 15) is 4.79 Å². The van der Waals surface area contributed by atoms with E-state index in [0.717, 1.165) is 23.0 Å². The summed E-state index contributed by atoms with van der Waals surface area (Å²) in [7, 11) is 0. The lowest BCUT2D eigenvalue weighted by Crippen LogP contribution is -2.37. The van der Waals surface area contributed by atoms with Gasteiger partial charge >= 0.3 is 0 Å². The summed E-state index contributed by atoms with van der Waals surface area (Å²) in [4.78, 5) is 14.2.